The van der Waals surface area contributed by atoms with Crippen molar-refractivity contribution >= 4 is 5.91 Å². The van der Waals surface area contributed by atoms with E-state index >= 15 is 0 Å². The predicted molar refractivity (Wildman–Crippen MR) is 82.0 cm³/mol. The molecule has 0 spiro atoms. The molecule has 0 radical (unpaired) electrons. The monoisotopic (exact) mass is 272 g/mol. The quantitative estimate of drug-likeness (QED) is 0.809. The third-order valence-corrected chi connectivity index (χ3v) is 4.16. The van der Waals surface area contributed by atoms with Gasteiger partial charge in [0.15, 0.2) is 0 Å². The number of piperidine rings is 1. The van der Waals surface area contributed by atoms with Crippen molar-refractivity contribution in [2.45, 2.75) is 32.2 Å². The molecule has 0 aliphatic carbocycles. The first-order valence-corrected chi connectivity index (χ1v) is 7.39. The van der Waals surface area contributed by atoms with Crippen LogP contribution in [0.1, 0.15) is 31.2 Å². The van der Waals surface area contributed by atoms with Gasteiger partial charge in [-0.25, -0.2) is 0 Å². The molecule has 3 nitrogen and oxygen atoms in total. The van der Waals surface area contributed by atoms with Gasteiger partial charge in [-0.2, -0.15) is 0 Å². The predicted octanol–water partition coefficient (Wildman–Crippen LogP) is 2.72. The van der Waals surface area contributed by atoms with E-state index in [9.17, 15) is 4.79 Å². The number of benzene rings is 1. The Morgan fingerprint density at radius 2 is 1.90 bits per heavy atom. The lowest BCUT2D eigenvalue weighted by Gasteiger charge is -2.32. The van der Waals surface area contributed by atoms with Crippen LogP contribution in [0.25, 0.3) is 0 Å². The minimum absolute atomic E-state index is 0.355. The average molecular weight is 272 g/mol. The lowest BCUT2D eigenvalue weighted by molar-refractivity contribution is -0.114. The minimum Gasteiger partial charge on any atom is -0.366 e. The third kappa shape index (κ3) is 4.49. The second-order valence-electron chi connectivity index (χ2n) is 5.71. The van der Waals surface area contributed by atoms with Crippen molar-refractivity contribution in [3.05, 3.63) is 48.0 Å². The van der Waals surface area contributed by atoms with Crippen LogP contribution in [0, 0.1) is 5.92 Å². The van der Waals surface area contributed by atoms with Crippen LogP contribution in [0.3, 0.4) is 0 Å². The molecule has 1 aromatic carbocycles. The van der Waals surface area contributed by atoms with Crippen molar-refractivity contribution in [1.29, 1.82) is 0 Å². The first-order chi connectivity index (χ1) is 9.65. The summed E-state index contributed by atoms with van der Waals surface area (Å²) in [5, 5.41) is 0. The number of hydrogen-bond acceptors (Lipinski definition) is 2. The largest absolute Gasteiger partial charge is 0.366 e. The zero-order valence-corrected chi connectivity index (χ0v) is 12.1. The van der Waals surface area contributed by atoms with E-state index in [2.05, 4.69) is 41.8 Å². The maximum atomic E-state index is 10.9. The lowest BCUT2D eigenvalue weighted by Crippen LogP contribution is -2.33. The topological polar surface area (TPSA) is 46.3 Å². The molecule has 1 aliphatic rings. The van der Waals surface area contributed by atoms with Gasteiger partial charge in [0, 0.05) is 12.1 Å². The van der Waals surface area contributed by atoms with Gasteiger partial charge in [0.05, 0.1) is 0 Å². The molecule has 108 valence electrons. The third-order valence-electron chi connectivity index (χ3n) is 4.16. The molecule has 1 fully saturated rings. The van der Waals surface area contributed by atoms with Gasteiger partial charge in [-0.05, 0) is 50.3 Å². The Labute approximate surface area is 121 Å². The van der Waals surface area contributed by atoms with Crippen molar-refractivity contribution in [1.82, 2.24) is 4.90 Å². The summed E-state index contributed by atoms with van der Waals surface area (Å²) in [5.74, 6) is 0.352. The summed E-state index contributed by atoms with van der Waals surface area (Å²) in [4.78, 5) is 13.5. The standard InChI is InChI=1S/C17H24N2O/c1-14(17(18)20)7-8-15-9-11-19(12-10-15)13-16-5-3-2-4-6-16/h2-6,15H,1,7-13H2,(H2,18,20). The van der Waals surface area contributed by atoms with Gasteiger partial charge in [0.2, 0.25) is 5.91 Å². The normalized spacial score (nSPS) is 17.0. The number of nitrogens with two attached hydrogens (primary N) is 1. The molecule has 1 heterocycles. The number of rotatable bonds is 6. The maximum absolute atomic E-state index is 10.9. The molecular weight excluding hydrogens is 248 g/mol. The van der Waals surface area contributed by atoms with Gasteiger partial charge < -0.3 is 5.73 Å². The van der Waals surface area contributed by atoms with Gasteiger partial charge in [-0.3, -0.25) is 9.69 Å². The molecule has 20 heavy (non-hydrogen) atoms. The lowest BCUT2D eigenvalue weighted by atomic mass is 9.90. The number of carbonyl (C=O) groups is 1. The molecule has 0 bridgehead atoms. The fraction of sp³-hybridized carbons (Fsp3) is 0.471. The van der Waals surface area contributed by atoms with Crippen LogP contribution in [-0.2, 0) is 11.3 Å². The highest BCUT2D eigenvalue weighted by molar-refractivity contribution is 5.91. The maximum Gasteiger partial charge on any atom is 0.244 e. The Kier molecular flexibility index (Phi) is 5.36. The van der Waals surface area contributed by atoms with Crippen LogP contribution in [-0.4, -0.2) is 23.9 Å². The number of hydrogen-bond donors (Lipinski definition) is 1. The zero-order valence-electron chi connectivity index (χ0n) is 12.1. The second-order valence-corrected chi connectivity index (χ2v) is 5.71. The molecule has 2 N–H and O–H groups in total. The van der Waals surface area contributed by atoms with Crippen LogP contribution in [0.5, 0.6) is 0 Å². The van der Waals surface area contributed by atoms with Crippen molar-refractivity contribution in [2.75, 3.05) is 13.1 Å². The Balaban J connectivity index is 1.70. The van der Waals surface area contributed by atoms with Gasteiger partial charge in [-0.15, -0.1) is 0 Å². The Bertz CT molecular complexity index is 447. The fourth-order valence-corrected chi connectivity index (χ4v) is 2.78. The molecule has 3 heteroatoms. The highest BCUT2D eigenvalue weighted by Gasteiger charge is 2.19. The summed E-state index contributed by atoms with van der Waals surface area (Å²) >= 11 is 0. The van der Waals surface area contributed by atoms with E-state index in [4.69, 9.17) is 5.73 Å². The van der Waals surface area contributed by atoms with Gasteiger partial charge in [0.25, 0.3) is 0 Å². The Hall–Kier alpha value is -1.61. The van der Waals surface area contributed by atoms with Crippen molar-refractivity contribution < 1.29 is 4.79 Å². The molecule has 1 aromatic rings. The smallest absolute Gasteiger partial charge is 0.244 e. The first kappa shape index (κ1) is 14.8. The summed E-state index contributed by atoms with van der Waals surface area (Å²) in [6.45, 7) is 7.05. The Morgan fingerprint density at radius 3 is 2.50 bits per heavy atom. The molecule has 1 amide bonds. The molecule has 2 rings (SSSR count). The number of primary amides is 1. The number of carbonyl (C=O) groups excluding carboxylic acids is 1. The van der Waals surface area contributed by atoms with E-state index in [1.807, 2.05) is 0 Å². The summed E-state index contributed by atoms with van der Waals surface area (Å²) in [7, 11) is 0. The summed E-state index contributed by atoms with van der Waals surface area (Å²) < 4.78 is 0. The SMILES string of the molecule is C=C(CCC1CCN(Cc2ccccc2)CC1)C(N)=O. The van der Waals surface area contributed by atoms with Gasteiger partial charge in [-0.1, -0.05) is 36.9 Å². The highest BCUT2D eigenvalue weighted by Crippen LogP contribution is 2.24. The molecule has 0 atom stereocenters. The van der Waals surface area contributed by atoms with Gasteiger partial charge in [0.1, 0.15) is 0 Å². The highest BCUT2D eigenvalue weighted by atomic mass is 16.1. The summed E-state index contributed by atoms with van der Waals surface area (Å²) in [5.41, 5.74) is 7.16. The van der Waals surface area contributed by atoms with E-state index in [0.717, 1.165) is 32.5 Å². The molecule has 0 aromatic heterocycles. The van der Waals surface area contributed by atoms with Crippen molar-refractivity contribution in [3.8, 4) is 0 Å². The van der Waals surface area contributed by atoms with E-state index in [1.54, 1.807) is 0 Å². The molecule has 0 saturated carbocycles. The van der Waals surface area contributed by atoms with Crippen molar-refractivity contribution in [2.24, 2.45) is 11.7 Å². The van der Waals surface area contributed by atoms with Crippen LogP contribution in [0.15, 0.2) is 42.5 Å². The van der Waals surface area contributed by atoms with E-state index < -0.39 is 0 Å². The molecule has 0 unspecified atom stereocenters. The van der Waals surface area contributed by atoms with Gasteiger partial charge >= 0.3 is 0 Å². The number of likely N-dealkylation sites (tertiary alicyclic amines) is 1. The number of amides is 1. The van der Waals surface area contributed by atoms with E-state index in [1.165, 1.54) is 18.4 Å². The fourth-order valence-electron chi connectivity index (χ4n) is 2.78. The first-order valence-electron chi connectivity index (χ1n) is 7.39. The van der Waals surface area contributed by atoms with E-state index in [-0.39, 0.29) is 5.91 Å². The van der Waals surface area contributed by atoms with Crippen LogP contribution < -0.4 is 5.73 Å². The molecule has 1 aliphatic heterocycles. The second kappa shape index (κ2) is 7.25. The molecular formula is C17H24N2O. The molecule has 1 saturated heterocycles. The summed E-state index contributed by atoms with van der Waals surface area (Å²) in [6, 6.07) is 10.6. The zero-order chi connectivity index (χ0) is 14.4. The minimum atomic E-state index is -0.355. The van der Waals surface area contributed by atoms with Crippen LogP contribution in [0.4, 0.5) is 0 Å². The van der Waals surface area contributed by atoms with Crippen LogP contribution in [0.2, 0.25) is 0 Å². The number of nitrogens with zero attached hydrogens (tertiary/aromatic N) is 1. The van der Waals surface area contributed by atoms with Crippen molar-refractivity contribution in [3.63, 3.8) is 0 Å². The average Bonchev–Trinajstić information content (AvgIpc) is 2.47. The summed E-state index contributed by atoms with van der Waals surface area (Å²) in [6.07, 6.45) is 4.21. The van der Waals surface area contributed by atoms with E-state index in [0.29, 0.717) is 11.5 Å². The van der Waals surface area contributed by atoms with Crippen LogP contribution >= 0.6 is 0 Å². The Morgan fingerprint density at radius 1 is 1.25 bits per heavy atom.